The van der Waals surface area contributed by atoms with Crippen LogP contribution in [-0.4, -0.2) is 24.5 Å². The minimum Gasteiger partial charge on any atom is -0.348 e. The summed E-state index contributed by atoms with van der Waals surface area (Å²) in [6.07, 6.45) is -0.277. The van der Waals surface area contributed by atoms with Gasteiger partial charge in [0.25, 0.3) is 0 Å². The molecule has 27 heavy (non-hydrogen) atoms. The van der Waals surface area contributed by atoms with E-state index in [1.54, 1.807) is 0 Å². The zero-order valence-electron chi connectivity index (χ0n) is 16.4. The van der Waals surface area contributed by atoms with Gasteiger partial charge in [0.15, 0.2) is 5.79 Å². The molecule has 0 aromatic heterocycles. The lowest BCUT2D eigenvalue weighted by Gasteiger charge is -2.41. The maximum atomic E-state index is 12.7. The van der Waals surface area contributed by atoms with E-state index in [0.717, 1.165) is 16.8 Å². The number of urea groups is 1. The van der Waals surface area contributed by atoms with Crippen molar-refractivity contribution in [2.45, 2.75) is 51.5 Å². The van der Waals surface area contributed by atoms with E-state index in [1.807, 2.05) is 68.4 Å². The van der Waals surface area contributed by atoms with Crippen LogP contribution in [0.2, 0.25) is 0 Å². The largest absolute Gasteiger partial charge is 0.348 e. The third-order valence-corrected chi connectivity index (χ3v) is 4.66. The molecule has 0 radical (unpaired) electrons. The van der Waals surface area contributed by atoms with Gasteiger partial charge in [-0.1, -0.05) is 62.4 Å². The zero-order chi connectivity index (χ0) is 19.4. The van der Waals surface area contributed by atoms with Gasteiger partial charge >= 0.3 is 6.03 Å². The molecule has 3 rings (SSSR count). The molecule has 5 nitrogen and oxygen atoms in total. The van der Waals surface area contributed by atoms with Gasteiger partial charge in [0.1, 0.15) is 6.10 Å². The fourth-order valence-electron chi connectivity index (χ4n) is 3.30. The lowest BCUT2D eigenvalue weighted by Crippen LogP contribution is -2.52. The monoisotopic (exact) mass is 368 g/mol. The zero-order valence-corrected chi connectivity index (χ0v) is 16.4. The molecule has 1 fully saturated rings. The molecule has 0 saturated carbocycles. The van der Waals surface area contributed by atoms with E-state index in [0.29, 0.717) is 12.5 Å². The van der Waals surface area contributed by atoms with Crippen LogP contribution in [0.3, 0.4) is 0 Å². The molecule has 2 amide bonds. The number of hydrogen-bond acceptors (Lipinski definition) is 3. The first kappa shape index (κ1) is 19.4. The Morgan fingerprint density at radius 2 is 1.74 bits per heavy atom. The number of amides is 2. The van der Waals surface area contributed by atoms with Gasteiger partial charge in [0.05, 0.1) is 12.6 Å². The maximum absolute atomic E-state index is 12.7. The van der Waals surface area contributed by atoms with E-state index in [2.05, 4.69) is 24.5 Å². The van der Waals surface area contributed by atoms with Crippen molar-refractivity contribution in [3.63, 3.8) is 0 Å². The first-order chi connectivity index (χ1) is 12.9. The molecule has 0 spiro atoms. The van der Waals surface area contributed by atoms with Gasteiger partial charge in [0.2, 0.25) is 0 Å². The average Bonchev–Trinajstić information content (AvgIpc) is 2.64. The molecular weight excluding hydrogens is 340 g/mol. The number of ether oxygens (including phenoxy) is 2. The summed E-state index contributed by atoms with van der Waals surface area (Å²) in [5, 5.41) is 5.99. The van der Waals surface area contributed by atoms with Crippen molar-refractivity contribution in [3.05, 3.63) is 65.7 Å². The lowest BCUT2D eigenvalue weighted by molar-refractivity contribution is -0.284. The van der Waals surface area contributed by atoms with Crippen LogP contribution >= 0.6 is 0 Å². The van der Waals surface area contributed by atoms with Gasteiger partial charge in [-0.15, -0.1) is 0 Å². The average molecular weight is 368 g/mol. The summed E-state index contributed by atoms with van der Waals surface area (Å²) in [5.41, 5.74) is 2.94. The van der Waals surface area contributed by atoms with Crippen LogP contribution in [-0.2, 0) is 9.47 Å². The van der Waals surface area contributed by atoms with E-state index >= 15 is 0 Å². The van der Waals surface area contributed by atoms with Gasteiger partial charge in [-0.3, -0.25) is 0 Å². The van der Waals surface area contributed by atoms with Gasteiger partial charge in [-0.05, 0) is 37.0 Å². The molecule has 0 aliphatic carbocycles. The van der Waals surface area contributed by atoms with Crippen molar-refractivity contribution < 1.29 is 14.3 Å². The Kier molecular flexibility index (Phi) is 5.82. The normalized spacial score (nSPS) is 21.7. The van der Waals surface area contributed by atoms with Crippen LogP contribution in [0.25, 0.3) is 0 Å². The first-order valence-corrected chi connectivity index (χ1v) is 9.39. The van der Waals surface area contributed by atoms with Gasteiger partial charge in [0, 0.05) is 5.69 Å². The molecule has 1 heterocycles. The van der Waals surface area contributed by atoms with Crippen molar-refractivity contribution in [1.82, 2.24) is 5.32 Å². The number of benzene rings is 2. The number of carbonyl (C=O) groups is 1. The number of rotatable bonds is 4. The molecule has 0 bridgehead atoms. The quantitative estimate of drug-likeness (QED) is 0.813. The Balaban J connectivity index is 1.74. The number of para-hydroxylation sites is 1. The Morgan fingerprint density at radius 1 is 1.07 bits per heavy atom. The van der Waals surface area contributed by atoms with Crippen LogP contribution < -0.4 is 10.6 Å². The van der Waals surface area contributed by atoms with Crippen molar-refractivity contribution in [2.24, 2.45) is 0 Å². The summed E-state index contributed by atoms with van der Waals surface area (Å²) in [5.74, 6) is -0.375. The van der Waals surface area contributed by atoms with Crippen LogP contribution in [0.5, 0.6) is 0 Å². The van der Waals surface area contributed by atoms with Gasteiger partial charge in [-0.2, -0.15) is 0 Å². The summed E-state index contributed by atoms with van der Waals surface area (Å²) in [7, 11) is 0. The van der Waals surface area contributed by atoms with Crippen LogP contribution in [0.1, 0.15) is 50.8 Å². The molecule has 1 saturated heterocycles. The highest BCUT2D eigenvalue weighted by Crippen LogP contribution is 2.33. The summed E-state index contributed by atoms with van der Waals surface area (Å²) in [6, 6.07) is 17.2. The van der Waals surface area contributed by atoms with Crippen molar-refractivity contribution in [1.29, 1.82) is 0 Å². The summed E-state index contributed by atoms with van der Waals surface area (Å²) < 4.78 is 11.9. The van der Waals surface area contributed by atoms with Crippen LogP contribution in [0.4, 0.5) is 10.5 Å². The van der Waals surface area contributed by atoms with Crippen LogP contribution in [0, 0.1) is 0 Å². The molecule has 2 aromatic carbocycles. The summed E-state index contributed by atoms with van der Waals surface area (Å²) >= 11 is 0. The molecule has 2 aromatic rings. The Morgan fingerprint density at radius 3 is 2.44 bits per heavy atom. The van der Waals surface area contributed by atoms with Crippen molar-refractivity contribution in [2.75, 3.05) is 11.9 Å². The second-order valence-corrected chi connectivity index (χ2v) is 7.61. The van der Waals surface area contributed by atoms with E-state index in [-0.39, 0.29) is 18.2 Å². The molecule has 0 unspecified atom stereocenters. The maximum Gasteiger partial charge on any atom is 0.319 e. The fourth-order valence-corrected chi connectivity index (χ4v) is 3.30. The third kappa shape index (κ3) is 4.87. The standard InChI is InChI=1S/C22H28N2O3/c1-15(2)17-12-8-9-13-18(17)23-21(25)24-19-14-26-22(3,4)27-20(19)16-10-6-5-7-11-16/h5-13,15,19-20H,14H2,1-4H3,(H2,23,24,25)/t19-,20+/m0/s1. The van der Waals surface area contributed by atoms with Gasteiger partial charge < -0.3 is 20.1 Å². The lowest BCUT2D eigenvalue weighted by atomic mass is 10.0. The molecule has 5 heteroatoms. The first-order valence-electron chi connectivity index (χ1n) is 9.39. The highest BCUT2D eigenvalue weighted by atomic mass is 16.7. The fraction of sp³-hybridized carbons (Fsp3) is 0.409. The highest BCUT2D eigenvalue weighted by Gasteiger charge is 2.38. The predicted molar refractivity (Wildman–Crippen MR) is 107 cm³/mol. The van der Waals surface area contributed by atoms with Crippen molar-refractivity contribution >= 4 is 11.7 Å². The summed E-state index contributed by atoms with van der Waals surface area (Å²) in [6.45, 7) is 8.37. The predicted octanol–water partition coefficient (Wildman–Crippen LogP) is 4.82. The summed E-state index contributed by atoms with van der Waals surface area (Å²) in [4.78, 5) is 12.7. The Bertz CT molecular complexity index is 774. The molecule has 1 aliphatic heterocycles. The number of anilines is 1. The molecule has 1 aliphatic rings. The van der Waals surface area contributed by atoms with E-state index < -0.39 is 5.79 Å². The second-order valence-electron chi connectivity index (χ2n) is 7.61. The topological polar surface area (TPSA) is 59.6 Å². The van der Waals surface area contributed by atoms with E-state index in [9.17, 15) is 4.79 Å². The smallest absolute Gasteiger partial charge is 0.319 e. The number of carbonyl (C=O) groups excluding carboxylic acids is 1. The van der Waals surface area contributed by atoms with E-state index in [1.165, 1.54) is 0 Å². The Hall–Kier alpha value is -2.37. The molecule has 144 valence electrons. The number of hydrogen-bond donors (Lipinski definition) is 2. The highest BCUT2D eigenvalue weighted by molar-refractivity contribution is 5.90. The van der Waals surface area contributed by atoms with E-state index in [4.69, 9.17) is 9.47 Å². The Labute approximate surface area is 161 Å². The third-order valence-electron chi connectivity index (χ3n) is 4.66. The molecule has 2 atom stereocenters. The van der Waals surface area contributed by atoms with Crippen molar-refractivity contribution in [3.8, 4) is 0 Å². The SMILES string of the molecule is CC(C)c1ccccc1NC(=O)N[C@H]1COC(C)(C)O[C@@H]1c1ccccc1. The molecular formula is C22H28N2O3. The van der Waals surface area contributed by atoms with Gasteiger partial charge in [-0.25, -0.2) is 4.79 Å². The van der Waals surface area contributed by atoms with Crippen LogP contribution in [0.15, 0.2) is 54.6 Å². The minimum atomic E-state index is -0.695. The second kappa shape index (κ2) is 8.11. The number of nitrogens with one attached hydrogen (secondary N) is 2. The molecule has 2 N–H and O–H groups in total. The minimum absolute atomic E-state index is 0.263.